The standard InChI is InChI=1S/C26H29NO7/c1-31-23-13-12-19(14-24(23)32-2)22-16-21(28)15-20(10-7-11-25(29)33-3)27(22)26(30)34-17-18-8-5-4-6-9-18/h4-9,11-14,20,22H,10,15-17H2,1-3H3/b11-7-/t20-,22-/m0/s1. The third-order valence-electron chi connectivity index (χ3n) is 5.69. The highest BCUT2D eigenvalue weighted by Crippen LogP contribution is 2.38. The third kappa shape index (κ3) is 6.15. The molecule has 0 aromatic heterocycles. The lowest BCUT2D eigenvalue weighted by atomic mass is 9.88. The zero-order chi connectivity index (χ0) is 24.5. The fraction of sp³-hybridized carbons (Fsp3) is 0.346. The van der Waals surface area contributed by atoms with Crippen molar-refractivity contribution in [1.29, 1.82) is 0 Å². The number of carbonyl (C=O) groups excluding carboxylic acids is 3. The van der Waals surface area contributed by atoms with Crippen molar-refractivity contribution in [3.05, 3.63) is 71.8 Å². The van der Waals surface area contributed by atoms with Gasteiger partial charge in [0, 0.05) is 25.0 Å². The second-order valence-corrected chi connectivity index (χ2v) is 7.84. The minimum atomic E-state index is -0.555. The van der Waals surface area contributed by atoms with Crippen molar-refractivity contribution < 1.29 is 33.3 Å². The molecule has 8 nitrogen and oxygen atoms in total. The van der Waals surface area contributed by atoms with Crippen LogP contribution in [0.15, 0.2) is 60.7 Å². The smallest absolute Gasteiger partial charge is 0.410 e. The second kappa shape index (κ2) is 11.9. The molecule has 3 rings (SSSR count). The van der Waals surface area contributed by atoms with Crippen molar-refractivity contribution in [1.82, 2.24) is 4.90 Å². The molecule has 1 saturated heterocycles. The van der Waals surface area contributed by atoms with Crippen molar-refractivity contribution in [2.45, 2.75) is 38.0 Å². The molecule has 8 heteroatoms. The quantitative estimate of drug-likeness (QED) is 0.424. The molecular formula is C26H29NO7. The SMILES string of the molecule is COC(=O)/C=C\C[C@H]1CC(=O)C[C@@H](c2ccc(OC)c(OC)c2)N1C(=O)OCc1ccccc1. The van der Waals surface area contributed by atoms with E-state index in [1.165, 1.54) is 20.3 Å². The molecule has 2 aromatic rings. The van der Waals surface area contributed by atoms with Crippen molar-refractivity contribution in [3.8, 4) is 11.5 Å². The van der Waals surface area contributed by atoms with Gasteiger partial charge in [0.2, 0.25) is 0 Å². The van der Waals surface area contributed by atoms with Crippen LogP contribution in [-0.2, 0) is 25.7 Å². The number of Topliss-reactive ketones (excluding diaryl/α,β-unsaturated/α-hetero) is 1. The topological polar surface area (TPSA) is 91.4 Å². The van der Waals surface area contributed by atoms with E-state index >= 15 is 0 Å². The highest BCUT2D eigenvalue weighted by Gasteiger charge is 2.39. The molecule has 1 amide bonds. The molecule has 1 heterocycles. The molecule has 0 aliphatic carbocycles. The van der Waals surface area contributed by atoms with Crippen molar-refractivity contribution in [3.63, 3.8) is 0 Å². The average molecular weight is 468 g/mol. The van der Waals surface area contributed by atoms with Crippen LogP contribution in [0.4, 0.5) is 4.79 Å². The van der Waals surface area contributed by atoms with Crippen LogP contribution >= 0.6 is 0 Å². The van der Waals surface area contributed by atoms with E-state index in [0.29, 0.717) is 17.9 Å². The van der Waals surface area contributed by atoms with Crippen LogP contribution in [0.3, 0.4) is 0 Å². The zero-order valence-corrected chi connectivity index (χ0v) is 19.6. The highest BCUT2D eigenvalue weighted by atomic mass is 16.6. The van der Waals surface area contributed by atoms with Crippen molar-refractivity contribution >= 4 is 17.8 Å². The Morgan fingerprint density at radius 2 is 1.74 bits per heavy atom. The summed E-state index contributed by atoms with van der Waals surface area (Å²) in [6.45, 7) is 0.105. The number of piperidine rings is 1. The van der Waals surface area contributed by atoms with Gasteiger partial charge in [-0.1, -0.05) is 42.5 Å². The molecule has 0 unspecified atom stereocenters. The number of methoxy groups -OCH3 is 3. The lowest BCUT2D eigenvalue weighted by Gasteiger charge is -2.40. The van der Waals surface area contributed by atoms with E-state index < -0.39 is 24.1 Å². The van der Waals surface area contributed by atoms with Crippen LogP contribution in [0.25, 0.3) is 0 Å². The van der Waals surface area contributed by atoms with Gasteiger partial charge in [-0.2, -0.15) is 0 Å². The van der Waals surface area contributed by atoms with Gasteiger partial charge in [-0.3, -0.25) is 9.69 Å². The van der Waals surface area contributed by atoms with Crippen LogP contribution in [-0.4, -0.2) is 50.1 Å². The number of benzene rings is 2. The Bertz CT molecular complexity index is 1030. The fourth-order valence-corrected chi connectivity index (χ4v) is 4.01. The number of esters is 1. The van der Waals surface area contributed by atoms with Gasteiger partial charge in [-0.05, 0) is 29.7 Å². The van der Waals surface area contributed by atoms with Gasteiger partial charge in [-0.15, -0.1) is 0 Å². The molecule has 2 aromatic carbocycles. The minimum absolute atomic E-state index is 0.0170. The Balaban J connectivity index is 1.91. The maximum absolute atomic E-state index is 13.3. The molecule has 2 atom stereocenters. The summed E-state index contributed by atoms with van der Waals surface area (Å²) in [5, 5.41) is 0. The summed E-state index contributed by atoms with van der Waals surface area (Å²) in [6, 6.07) is 13.6. The number of amides is 1. The maximum Gasteiger partial charge on any atom is 0.410 e. The number of rotatable bonds is 8. The van der Waals surface area contributed by atoms with E-state index in [1.54, 1.807) is 30.2 Å². The molecule has 0 saturated carbocycles. The summed E-state index contributed by atoms with van der Waals surface area (Å²) in [6.07, 6.45) is 2.97. The predicted molar refractivity (Wildman–Crippen MR) is 125 cm³/mol. The van der Waals surface area contributed by atoms with Crippen LogP contribution in [0, 0.1) is 0 Å². The molecule has 0 N–H and O–H groups in total. The summed E-state index contributed by atoms with van der Waals surface area (Å²) >= 11 is 0. The van der Waals surface area contributed by atoms with Crippen LogP contribution < -0.4 is 9.47 Å². The average Bonchev–Trinajstić information content (AvgIpc) is 2.86. The summed E-state index contributed by atoms with van der Waals surface area (Å²) in [5.41, 5.74) is 1.58. The van der Waals surface area contributed by atoms with Crippen LogP contribution in [0.1, 0.15) is 36.4 Å². The van der Waals surface area contributed by atoms with E-state index in [4.69, 9.17) is 14.2 Å². The molecule has 180 valence electrons. The normalized spacial score (nSPS) is 18.0. The number of hydrogen-bond donors (Lipinski definition) is 0. The predicted octanol–water partition coefficient (Wildman–Crippen LogP) is 4.23. The summed E-state index contributed by atoms with van der Waals surface area (Å²) < 4.78 is 21.0. The number of nitrogens with zero attached hydrogens (tertiary/aromatic N) is 1. The van der Waals surface area contributed by atoms with E-state index in [-0.39, 0.29) is 25.2 Å². The first-order valence-electron chi connectivity index (χ1n) is 10.9. The molecule has 1 fully saturated rings. The van der Waals surface area contributed by atoms with E-state index in [0.717, 1.165) is 11.1 Å². The Labute approximate surface area is 199 Å². The summed E-state index contributed by atoms with van der Waals surface area (Å²) in [7, 11) is 4.36. The van der Waals surface area contributed by atoms with Gasteiger partial charge in [-0.25, -0.2) is 9.59 Å². The summed E-state index contributed by atoms with van der Waals surface area (Å²) in [5.74, 6) is 0.557. The fourth-order valence-electron chi connectivity index (χ4n) is 4.01. The van der Waals surface area contributed by atoms with Gasteiger partial charge in [0.1, 0.15) is 12.4 Å². The van der Waals surface area contributed by atoms with Crippen molar-refractivity contribution in [2.24, 2.45) is 0 Å². The van der Waals surface area contributed by atoms with Gasteiger partial charge in [0.15, 0.2) is 11.5 Å². The van der Waals surface area contributed by atoms with E-state index in [2.05, 4.69) is 4.74 Å². The number of hydrogen-bond acceptors (Lipinski definition) is 7. The number of ketones is 1. The van der Waals surface area contributed by atoms with E-state index in [1.807, 2.05) is 36.4 Å². The molecule has 0 bridgehead atoms. The monoisotopic (exact) mass is 467 g/mol. The Morgan fingerprint density at radius 3 is 2.41 bits per heavy atom. The van der Waals surface area contributed by atoms with Crippen LogP contribution in [0.5, 0.6) is 11.5 Å². The number of carbonyl (C=O) groups is 3. The van der Waals surface area contributed by atoms with Gasteiger partial charge < -0.3 is 18.9 Å². The van der Waals surface area contributed by atoms with Gasteiger partial charge in [0.25, 0.3) is 0 Å². The Hall–Kier alpha value is -3.81. The third-order valence-corrected chi connectivity index (χ3v) is 5.69. The lowest BCUT2D eigenvalue weighted by molar-refractivity contribution is -0.134. The summed E-state index contributed by atoms with van der Waals surface area (Å²) in [4.78, 5) is 39.1. The minimum Gasteiger partial charge on any atom is -0.493 e. The van der Waals surface area contributed by atoms with Gasteiger partial charge >= 0.3 is 12.1 Å². The largest absolute Gasteiger partial charge is 0.493 e. The first kappa shape index (κ1) is 24.8. The lowest BCUT2D eigenvalue weighted by Crippen LogP contribution is -2.48. The first-order chi connectivity index (χ1) is 16.5. The maximum atomic E-state index is 13.3. The molecule has 0 radical (unpaired) electrons. The van der Waals surface area contributed by atoms with E-state index in [9.17, 15) is 14.4 Å². The molecule has 1 aliphatic rings. The highest BCUT2D eigenvalue weighted by molar-refractivity contribution is 5.84. The zero-order valence-electron chi connectivity index (χ0n) is 19.6. The van der Waals surface area contributed by atoms with Crippen LogP contribution in [0.2, 0.25) is 0 Å². The Morgan fingerprint density at radius 1 is 1.00 bits per heavy atom. The van der Waals surface area contributed by atoms with Crippen molar-refractivity contribution in [2.75, 3.05) is 21.3 Å². The first-order valence-corrected chi connectivity index (χ1v) is 10.9. The van der Waals surface area contributed by atoms with Gasteiger partial charge in [0.05, 0.1) is 27.4 Å². The second-order valence-electron chi connectivity index (χ2n) is 7.84. The molecule has 34 heavy (non-hydrogen) atoms. The number of ether oxygens (including phenoxy) is 4. The molecular weight excluding hydrogens is 438 g/mol. The molecule has 0 spiro atoms. The number of likely N-dealkylation sites (tertiary alicyclic amines) is 1. The Kier molecular flexibility index (Phi) is 8.67. The molecule has 1 aliphatic heterocycles.